The minimum Gasteiger partial charge on any atom is -0.462 e. The zero-order valence-corrected chi connectivity index (χ0v) is 11.0. The lowest BCUT2D eigenvalue weighted by atomic mass is 10.2. The van der Waals surface area contributed by atoms with Crippen LogP contribution in [0.3, 0.4) is 0 Å². The van der Waals surface area contributed by atoms with E-state index in [0.717, 1.165) is 44.3 Å². The Balaban J connectivity index is 1.47. The molecular weight excluding hydrogens is 245 g/mol. The Kier molecular flexibility index (Phi) is 5.33. The summed E-state index contributed by atoms with van der Waals surface area (Å²) in [6.07, 6.45) is 4.58. The molecule has 0 bridgehead atoms. The Labute approximate surface area is 113 Å². The third-order valence-corrected chi connectivity index (χ3v) is 3.05. The minimum absolute atomic E-state index is 0.0685. The van der Waals surface area contributed by atoms with Crippen LogP contribution in [0.2, 0.25) is 0 Å². The molecular formula is C15H20FNO2. The fourth-order valence-corrected chi connectivity index (χ4v) is 1.79. The molecule has 1 fully saturated rings. The Morgan fingerprint density at radius 2 is 2.00 bits per heavy atom. The standard InChI is InChI=1S/C15H20FNO2/c16-13-6-4-12(5-7-13)11-17-10-2-1-3-15(18)19-14-8-9-14/h4-7,14,17H,1-3,8-11H2. The van der Waals surface area contributed by atoms with E-state index in [-0.39, 0.29) is 17.9 Å². The first-order valence-corrected chi connectivity index (χ1v) is 6.89. The number of halogens is 1. The van der Waals surface area contributed by atoms with Crippen molar-refractivity contribution in [2.75, 3.05) is 6.54 Å². The second-order valence-electron chi connectivity index (χ2n) is 4.95. The molecule has 0 aliphatic heterocycles. The minimum atomic E-state index is -0.210. The molecule has 19 heavy (non-hydrogen) atoms. The lowest BCUT2D eigenvalue weighted by Crippen LogP contribution is -2.15. The Morgan fingerprint density at radius 1 is 1.26 bits per heavy atom. The number of esters is 1. The molecule has 1 aromatic rings. The second kappa shape index (κ2) is 7.24. The molecule has 1 saturated carbocycles. The second-order valence-corrected chi connectivity index (χ2v) is 4.95. The van der Waals surface area contributed by atoms with Crippen molar-refractivity contribution in [1.82, 2.24) is 5.32 Å². The fourth-order valence-electron chi connectivity index (χ4n) is 1.79. The summed E-state index contributed by atoms with van der Waals surface area (Å²) < 4.78 is 17.8. The summed E-state index contributed by atoms with van der Waals surface area (Å²) in [6, 6.07) is 6.47. The zero-order chi connectivity index (χ0) is 13.5. The van der Waals surface area contributed by atoms with E-state index >= 15 is 0 Å². The Morgan fingerprint density at radius 3 is 2.68 bits per heavy atom. The van der Waals surface area contributed by atoms with Crippen LogP contribution in [0.5, 0.6) is 0 Å². The Bertz CT molecular complexity index is 401. The van der Waals surface area contributed by atoms with Crippen LogP contribution in [-0.4, -0.2) is 18.6 Å². The smallest absolute Gasteiger partial charge is 0.306 e. The van der Waals surface area contributed by atoms with Crippen LogP contribution in [0.1, 0.15) is 37.7 Å². The van der Waals surface area contributed by atoms with E-state index in [1.807, 2.05) is 0 Å². The van der Waals surface area contributed by atoms with Gasteiger partial charge in [-0.1, -0.05) is 12.1 Å². The van der Waals surface area contributed by atoms with Gasteiger partial charge in [-0.2, -0.15) is 0 Å². The number of hydrogen-bond donors (Lipinski definition) is 1. The average molecular weight is 265 g/mol. The van der Waals surface area contributed by atoms with Crippen molar-refractivity contribution in [1.29, 1.82) is 0 Å². The van der Waals surface area contributed by atoms with Gasteiger partial charge in [0.2, 0.25) is 0 Å². The highest BCUT2D eigenvalue weighted by Gasteiger charge is 2.25. The summed E-state index contributed by atoms with van der Waals surface area (Å²) in [6.45, 7) is 1.58. The molecule has 0 heterocycles. The lowest BCUT2D eigenvalue weighted by Gasteiger charge is -2.05. The fraction of sp³-hybridized carbons (Fsp3) is 0.533. The highest BCUT2D eigenvalue weighted by atomic mass is 19.1. The van der Waals surface area contributed by atoms with Crippen LogP contribution in [0.4, 0.5) is 4.39 Å². The molecule has 0 atom stereocenters. The highest BCUT2D eigenvalue weighted by molar-refractivity contribution is 5.69. The van der Waals surface area contributed by atoms with E-state index < -0.39 is 0 Å². The molecule has 104 valence electrons. The number of carbonyl (C=O) groups excluding carboxylic acids is 1. The van der Waals surface area contributed by atoms with E-state index in [0.29, 0.717) is 6.42 Å². The maximum atomic E-state index is 12.7. The van der Waals surface area contributed by atoms with Gasteiger partial charge in [0.15, 0.2) is 0 Å². The molecule has 2 rings (SSSR count). The molecule has 1 N–H and O–H groups in total. The van der Waals surface area contributed by atoms with Crippen molar-refractivity contribution >= 4 is 5.97 Å². The van der Waals surface area contributed by atoms with Crippen molar-refractivity contribution in [3.8, 4) is 0 Å². The molecule has 0 aromatic heterocycles. The van der Waals surface area contributed by atoms with Crippen LogP contribution >= 0.6 is 0 Å². The number of nitrogens with one attached hydrogen (secondary N) is 1. The SMILES string of the molecule is O=C(CCCCNCc1ccc(F)cc1)OC1CC1. The topological polar surface area (TPSA) is 38.3 Å². The summed E-state index contributed by atoms with van der Waals surface area (Å²) in [4.78, 5) is 11.3. The van der Waals surface area contributed by atoms with Gasteiger partial charge in [-0.25, -0.2) is 4.39 Å². The molecule has 4 heteroatoms. The number of ether oxygens (including phenoxy) is 1. The molecule has 1 aliphatic rings. The number of rotatable bonds is 8. The largest absolute Gasteiger partial charge is 0.462 e. The molecule has 3 nitrogen and oxygen atoms in total. The average Bonchev–Trinajstić information content (AvgIpc) is 3.19. The van der Waals surface area contributed by atoms with E-state index in [9.17, 15) is 9.18 Å². The Hall–Kier alpha value is -1.42. The first kappa shape index (κ1) is 14.0. The van der Waals surface area contributed by atoms with Gasteiger partial charge in [0.05, 0.1) is 0 Å². The van der Waals surface area contributed by atoms with Gasteiger partial charge in [0, 0.05) is 13.0 Å². The van der Waals surface area contributed by atoms with Crippen LogP contribution in [0.15, 0.2) is 24.3 Å². The quantitative estimate of drug-likeness (QED) is 0.580. The number of carbonyl (C=O) groups is 1. The van der Waals surface area contributed by atoms with Gasteiger partial charge >= 0.3 is 5.97 Å². The third-order valence-electron chi connectivity index (χ3n) is 3.05. The predicted octanol–water partition coefficient (Wildman–Crippen LogP) is 2.79. The maximum Gasteiger partial charge on any atom is 0.306 e. The van der Waals surface area contributed by atoms with Gasteiger partial charge in [0.1, 0.15) is 11.9 Å². The van der Waals surface area contributed by atoms with Crippen molar-refractivity contribution in [2.45, 2.75) is 44.8 Å². The lowest BCUT2D eigenvalue weighted by molar-refractivity contribution is -0.145. The number of unbranched alkanes of at least 4 members (excludes halogenated alkanes) is 1. The summed E-state index contributed by atoms with van der Waals surface area (Å²) in [7, 11) is 0. The van der Waals surface area contributed by atoms with Crippen molar-refractivity contribution in [3.05, 3.63) is 35.6 Å². The molecule has 0 amide bonds. The summed E-state index contributed by atoms with van der Waals surface area (Å²) in [5, 5.41) is 3.27. The van der Waals surface area contributed by atoms with Crippen LogP contribution in [0.25, 0.3) is 0 Å². The zero-order valence-electron chi connectivity index (χ0n) is 11.0. The van der Waals surface area contributed by atoms with E-state index in [1.54, 1.807) is 12.1 Å². The van der Waals surface area contributed by atoms with Crippen molar-refractivity contribution < 1.29 is 13.9 Å². The van der Waals surface area contributed by atoms with Gasteiger partial charge < -0.3 is 10.1 Å². The highest BCUT2D eigenvalue weighted by Crippen LogP contribution is 2.24. The molecule has 0 saturated heterocycles. The van der Waals surface area contributed by atoms with Gasteiger partial charge in [-0.3, -0.25) is 4.79 Å². The van der Waals surface area contributed by atoms with E-state index in [4.69, 9.17) is 4.74 Å². The molecule has 0 spiro atoms. The normalized spacial score (nSPS) is 14.4. The van der Waals surface area contributed by atoms with Gasteiger partial charge in [-0.05, 0) is 49.9 Å². The van der Waals surface area contributed by atoms with Crippen LogP contribution in [-0.2, 0) is 16.1 Å². The number of benzene rings is 1. The third kappa shape index (κ3) is 5.83. The maximum absolute atomic E-state index is 12.7. The molecule has 1 aliphatic carbocycles. The van der Waals surface area contributed by atoms with Gasteiger partial charge in [-0.15, -0.1) is 0 Å². The molecule has 0 radical (unpaired) electrons. The predicted molar refractivity (Wildman–Crippen MR) is 71.1 cm³/mol. The summed E-state index contributed by atoms with van der Waals surface area (Å²) in [5.41, 5.74) is 1.06. The van der Waals surface area contributed by atoms with Gasteiger partial charge in [0.25, 0.3) is 0 Å². The first-order chi connectivity index (χ1) is 9.24. The summed E-state index contributed by atoms with van der Waals surface area (Å²) in [5.74, 6) is -0.279. The monoisotopic (exact) mass is 265 g/mol. The van der Waals surface area contributed by atoms with E-state index in [1.165, 1.54) is 12.1 Å². The summed E-state index contributed by atoms with van der Waals surface area (Å²) >= 11 is 0. The van der Waals surface area contributed by atoms with Crippen molar-refractivity contribution in [2.24, 2.45) is 0 Å². The van der Waals surface area contributed by atoms with Crippen molar-refractivity contribution in [3.63, 3.8) is 0 Å². The van der Waals surface area contributed by atoms with E-state index in [2.05, 4.69) is 5.32 Å². The molecule has 1 aromatic carbocycles. The molecule has 0 unspecified atom stereocenters. The van der Waals surface area contributed by atoms with Crippen LogP contribution < -0.4 is 5.32 Å². The number of hydrogen-bond acceptors (Lipinski definition) is 3. The van der Waals surface area contributed by atoms with Crippen LogP contribution in [0, 0.1) is 5.82 Å². The first-order valence-electron chi connectivity index (χ1n) is 6.89.